The van der Waals surface area contributed by atoms with E-state index in [1.54, 1.807) is 36.4 Å². The van der Waals surface area contributed by atoms with Crippen LogP contribution in [-0.2, 0) is 0 Å². The van der Waals surface area contributed by atoms with Crippen molar-refractivity contribution in [1.82, 2.24) is 0 Å². The van der Waals surface area contributed by atoms with E-state index in [0.717, 1.165) is 0 Å². The molecule has 0 bridgehead atoms. The van der Waals surface area contributed by atoms with Crippen molar-refractivity contribution in [3.63, 3.8) is 0 Å². The van der Waals surface area contributed by atoms with Crippen molar-refractivity contribution in [1.29, 1.82) is 0 Å². The fourth-order valence-corrected chi connectivity index (χ4v) is 1.72. The molecule has 0 N–H and O–H groups in total. The first-order valence-corrected chi connectivity index (χ1v) is 6.37. The van der Waals surface area contributed by atoms with Crippen molar-refractivity contribution in [2.24, 2.45) is 0 Å². The molecular formula is C18H14CaO4. The first kappa shape index (κ1) is 21.1. The summed E-state index contributed by atoms with van der Waals surface area (Å²) >= 11 is 0. The molecule has 0 aliphatic heterocycles. The molecule has 0 aliphatic carbocycles. The number of hydrogen-bond acceptors (Lipinski definition) is 4. The van der Waals surface area contributed by atoms with E-state index in [4.69, 9.17) is 0 Å². The van der Waals surface area contributed by atoms with Gasteiger partial charge in [0.15, 0.2) is 0 Å². The zero-order chi connectivity index (χ0) is 16.5. The van der Waals surface area contributed by atoms with E-state index in [-0.39, 0.29) is 48.9 Å². The number of benzene rings is 2. The Hall–Kier alpha value is -1.88. The van der Waals surface area contributed by atoms with E-state index in [2.05, 4.69) is 13.2 Å². The van der Waals surface area contributed by atoms with E-state index in [9.17, 15) is 19.8 Å². The predicted molar refractivity (Wildman–Crippen MR) is 87.5 cm³/mol. The SMILES string of the molecule is C=Cc1ccccc1C(=O)[O-].C=Cc1ccccc1C(=O)[O-].[Ca+2]. The summed E-state index contributed by atoms with van der Waals surface area (Å²) in [6.45, 7) is 6.97. The van der Waals surface area contributed by atoms with Gasteiger partial charge in [-0.25, -0.2) is 0 Å². The molecule has 112 valence electrons. The van der Waals surface area contributed by atoms with E-state index in [1.165, 1.54) is 24.3 Å². The van der Waals surface area contributed by atoms with Crippen LogP contribution in [0.2, 0.25) is 0 Å². The molecule has 4 nitrogen and oxygen atoms in total. The van der Waals surface area contributed by atoms with Crippen LogP contribution < -0.4 is 10.2 Å². The van der Waals surface area contributed by atoms with E-state index < -0.39 is 11.9 Å². The van der Waals surface area contributed by atoms with Gasteiger partial charge in [-0.3, -0.25) is 0 Å². The third-order valence-electron chi connectivity index (χ3n) is 2.80. The molecule has 0 saturated carbocycles. The second-order valence-corrected chi connectivity index (χ2v) is 4.16. The second-order valence-electron chi connectivity index (χ2n) is 4.16. The third kappa shape index (κ3) is 6.40. The zero-order valence-electron chi connectivity index (χ0n) is 12.5. The normalized spacial score (nSPS) is 8.70. The Morgan fingerprint density at radius 1 is 0.739 bits per heavy atom. The van der Waals surface area contributed by atoms with Gasteiger partial charge in [0, 0.05) is 11.1 Å². The largest absolute Gasteiger partial charge is 2.00 e. The maximum absolute atomic E-state index is 10.4. The Morgan fingerprint density at radius 3 is 1.26 bits per heavy atom. The van der Waals surface area contributed by atoms with Crippen molar-refractivity contribution < 1.29 is 19.8 Å². The summed E-state index contributed by atoms with van der Waals surface area (Å²) < 4.78 is 0. The molecule has 0 fully saturated rings. The van der Waals surface area contributed by atoms with Crippen LogP contribution in [0, 0.1) is 0 Å². The van der Waals surface area contributed by atoms with Crippen LogP contribution in [0.4, 0.5) is 0 Å². The molecule has 0 aromatic heterocycles. The average Bonchev–Trinajstić information content (AvgIpc) is 2.55. The second kappa shape index (κ2) is 10.8. The smallest absolute Gasteiger partial charge is 0.545 e. The quantitative estimate of drug-likeness (QED) is 0.782. The fraction of sp³-hybridized carbons (Fsp3) is 0. The molecule has 5 heteroatoms. The van der Waals surface area contributed by atoms with Gasteiger partial charge in [0.2, 0.25) is 0 Å². The Balaban J connectivity index is 0.000000403. The van der Waals surface area contributed by atoms with Crippen molar-refractivity contribution >= 4 is 61.8 Å². The first-order chi connectivity index (χ1) is 10.5. The fourth-order valence-electron chi connectivity index (χ4n) is 1.72. The summed E-state index contributed by atoms with van der Waals surface area (Å²) in [5, 5.41) is 20.8. The molecule has 0 saturated heterocycles. The molecule has 0 aliphatic rings. The number of rotatable bonds is 4. The Kier molecular flexibility index (Phi) is 9.90. The Bertz CT molecular complexity index is 646. The number of carboxylic acid groups (broad SMARTS) is 2. The van der Waals surface area contributed by atoms with Crippen LogP contribution in [0.1, 0.15) is 31.8 Å². The monoisotopic (exact) mass is 334 g/mol. The van der Waals surface area contributed by atoms with Gasteiger partial charge in [-0.15, -0.1) is 0 Å². The van der Waals surface area contributed by atoms with Crippen LogP contribution in [-0.4, -0.2) is 49.7 Å². The number of carbonyl (C=O) groups is 2. The summed E-state index contributed by atoms with van der Waals surface area (Å²) in [5.74, 6) is -2.33. The van der Waals surface area contributed by atoms with Gasteiger partial charge >= 0.3 is 37.7 Å². The summed E-state index contributed by atoms with van der Waals surface area (Å²) in [6, 6.07) is 13.2. The molecule has 0 amide bonds. The van der Waals surface area contributed by atoms with Gasteiger partial charge < -0.3 is 19.8 Å². The number of carbonyl (C=O) groups excluding carboxylic acids is 2. The summed E-state index contributed by atoms with van der Waals surface area (Å²) in [6.07, 6.45) is 2.98. The van der Waals surface area contributed by atoms with Crippen molar-refractivity contribution in [2.45, 2.75) is 0 Å². The minimum atomic E-state index is -1.17. The number of hydrogen-bond donors (Lipinski definition) is 0. The summed E-state index contributed by atoms with van der Waals surface area (Å²) in [5.41, 5.74) is 1.55. The number of aromatic carboxylic acids is 2. The molecule has 2 aromatic carbocycles. The topological polar surface area (TPSA) is 80.3 Å². The van der Waals surface area contributed by atoms with Gasteiger partial charge in [0.05, 0.1) is 11.9 Å². The third-order valence-corrected chi connectivity index (χ3v) is 2.80. The molecule has 0 radical (unpaired) electrons. The number of carboxylic acids is 2. The Labute approximate surface area is 164 Å². The van der Waals surface area contributed by atoms with Crippen LogP contribution in [0.25, 0.3) is 12.2 Å². The molecule has 0 spiro atoms. The first-order valence-electron chi connectivity index (χ1n) is 6.37. The zero-order valence-corrected chi connectivity index (χ0v) is 14.7. The van der Waals surface area contributed by atoms with Gasteiger partial charge in [-0.1, -0.05) is 73.8 Å². The Morgan fingerprint density at radius 2 is 1.04 bits per heavy atom. The standard InChI is InChI=1S/2C9H8O2.Ca/c2*1-2-7-5-3-4-6-8(7)9(10)11;/h2*2-6H,1H2,(H,10,11);/q;;+2/p-2. The predicted octanol–water partition coefficient (Wildman–Crippen LogP) is 1.01. The van der Waals surface area contributed by atoms with Gasteiger partial charge in [0.25, 0.3) is 0 Å². The van der Waals surface area contributed by atoms with Crippen molar-refractivity contribution in [3.8, 4) is 0 Å². The molecule has 23 heavy (non-hydrogen) atoms. The van der Waals surface area contributed by atoms with Crippen LogP contribution >= 0.6 is 0 Å². The van der Waals surface area contributed by atoms with Crippen LogP contribution in [0.3, 0.4) is 0 Å². The summed E-state index contributed by atoms with van der Waals surface area (Å²) in [4.78, 5) is 20.8. The van der Waals surface area contributed by atoms with Gasteiger partial charge in [0.1, 0.15) is 0 Å². The maximum Gasteiger partial charge on any atom is 2.00 e. The maximum atomic E-state index is 10.4. The van der Waals surface area contributed by atoms with E-state index in [1.807, 2.05) is 0 Å². The van der Waals surface area contributed by atoms with Crippen LogP contribution in [0.15, 0.2) is 61.7 Å². The molecule has 2 aromatic rings. The van der Waals surface area contributed by atoms with E-state index >= 15 is 0 Å². The minimum Gasteiger partial charge on any atom is -0.545 e. The molecule has 0 atom stereocenters. The molecular weight excluding hydrogens is 320 g/mol. The summed E-state index contributed by atoms with van der Waals surface area (Å²) in [7, 11) is 0. The van der Waals surface area contributed by atoms with Crippen molar-refractivity contribution in [2.75, 3.05) is 0 Å². The van der Waals surface area contributed by atoms with Gasteiger partial charge in [-0.2, -0.15) is 0 Å². The van der Waals surface area contributed by atoms with E-state index in [0.29, 0.717) is 11.1 Å². The molecule has 2 rings (SSSR count). The van der Waals surface area contributed by atoms with Crippen molar-refractivity contribution in [3.05, 3.63) is 83.9 Å². The minimum absolute atomic E-state index is 0. The average molecular weight is 334 g/mol. The molecule has 0 unspecified atom stereocenters. The van der Waals surface area contributed by atoms with Crippen LogP contribution in [0.5, 0.6) is 0 Å². The molecule has 0 heterocycles. The van der Waals surface area contributed by atoms with Gasteiger partial charge in [-0.05, 0) is 11.1 Å².